The molecule has 0 N–H and O–H groups in total. The van der Waals surface area contributed by atoms with Crippen molar-refractivity contribution in [2.24, 2.45) is 0 Å². The molecular weight excluding hydrogens is 376 g/mol. The second-order valence-corrected chi connectivity index (χ2v) is 7.97. The lowest BCUT2D eigenvalue weighted by Gasteiger charge is -2.30. The van der Waals surface area contributed by atoms with Crippen LogP contribution in [0.4, 0.5) is 0 Å². The van der Waals surface area contributed by atoms with Gasteiger partial charge >= 0.3 is 0 Å². The molecule has 0 aliphatic carbocycles. The Labute approximate surface area is 174 Å². The van der Waals surface area contributed by atoms with Gasteiger partial charge in [-0.1, -0.05) is 35.5 Å². The van der Waals surface area contributed by atoms with Gasteiger partial charge in [-0.3, -0.25) is 14.3 Å². The summed E-state index contributed by atoms with van der Waals surface area (Å²) in [6, 6.07) is 14.4. The summed E-state index contributed by atoms with van der Waals surface area (Å²) in [5, 5.41) is 5.12. The minimum Gasteiger partial charge on any atom is -0.361 e. The van der Waals surface area contributed by atoms with Crippen molar-refractivity contribution in [2.75, 3.05) is 6.54 Å². The van der Waals surface area contributed by atoms with Gasteiger partial charge in [0.05, 0.1) is 12.2 Å². The molecule has 0 spiro atoms. The predicted molar refractivity (Wildman–Crippen MR) is 115 cm³/mol. The summed E-state index contributed by atoms with van der Waals surface area (Å²) < 4.78 is 7.11. The fraction of sp³-hybridized carbons (Fsp3) is 0.292. The van der Waals surface area contributed by atoms with E-state index in [1.807, 2.05) is 26.0 Å². The second kappa shape index (κ2) is 7.54. The van der Waals surface area contributed by atoms with Gasteiger partial charge in [0.1, 0.15) is 11.4 Å². The van der Waals surface area contributed by atoms with Crippen LogP contribution in [0.3, 0.4) is 0 Å². The SMILES string of the molecule is Cc1noc(C)c1Cn1c(=O)c2c(c3cccnc31)CCN(Cc1ccccc1)C2. The van der Waals surface area contributed by atoms with E-state index in [1.165, 1.54) is 5.56 Å². The molecule has 0 fully saturated rings. The third-order valence-corrected chi connectivity index (χ3v) is 6.04. The molecule has 6 nitrogen and oxygen atoms in total. The molecule has 5 rings (SSSR count). The molecule has 0 amide bonds. The van der Waals surface area contributed by atoms with Crippen molar-refractivity contribution in [3.63, 3.8) is 0 Å². The number of hydrogen-bond donors (Lipinski definition) is 0. The van der Waals surface area contributed by atoms with Crippen LogP contribution in [0, 0.1) is 13.8 Å². The summed E-state index contributed by atoms with van der Waals surface area (Å²) in [6.45, 7) is 6.63. The standard InChI is InChI=1S/C24H24N4O2/c1-16-21(17(2)30-26-16)15-28-23-20(9-6-11-25-23)19-10-12-27(14-22(19)24(28)29)13-18-7-4-3-5-8-18/h3-9,11H,10,12-15H2,1-2H3. The summed E-state index contributed by atoms with van der Waals surface area (Å²) in [5.74, 6) is 0.743. The van der Waals surface area contributed by atoms with E-state index in [0.717, 1.165) is 58.7 Å². The van der Waals surface area contributed by atoms with Gasteiger partial charge in [-0.2, -0.15) is 0 Å². The molecule has 3 aromatic heterocycles. The Morgan fingerprint density at radius 3 is 2.63 bits per heavy atom. The number of pyridine rings is 2. The highest BCUT2D eigenvalue weighted by molar-refractivity contribution is 5.80. The van der Waals surface area contributed by atoms with E-state index in [1.54, 1.807) is 10.8 Å². The molecule has 1 aliphatic rings. The first-order chi connectivity index (χ1) is 14.6. The van der Waals surface area contributed by atoms with Crippen molar-refractivity contribution in [2.45, 2.75) is 39.9 Å². The first kappa shape index (κ1) is 18.8. The number of aromatic nitrogens is 3. The van der Waals surface area contributed by atoms with Gasteiger partial charge in [-0.15, -0.1) is 0 Å². The zero-order valence-electron chi connectivity index (χ0n) is 17.3. The van der Waals surface area contributed by atoms with Gasteiger partial charge in [-0.25, -0.2) is 4.98 Å². The minimum atomic E-state index is 0.0361. The molecule has 0 saturated carbocycles. The molecule has 0 radical (unpaired) electrons. The third-order valence-electron chi connectivity index (χ3n) is 6.04. The maximum absolute atomic E-state index is 13.6. The van der Waals surface area contributed by atoms with Crippen LogP contribution in [0.2, 0.25) is 0 Å². The van der Waals surface area contributed by atoms with Gasteiger partial charge in [0, 0.05) is 42.3 Å². The number of benzene rings is 1. The van der Waals surface area contributed by atoms with Crippen molar-refractivity contribution >= 4 is 11.0 Å². The van der Waals surface area contributed by atoms with Gasteiger partial charge in [0.2, 0.25) is 0 Å². The van der Waals surface area contributed by atoms with Crippen LogP contribution in [0.5, 0.6) is 0 Å². The smallest absolute Gasteiger partial charge is 0.257 e. The number of aryl methyl sites for hydroxylation is 2. The Bertz CT molecular complexity index is 1250. The molecule has 0 atom stereocenters. The van der Waals surface area contributed by atoms with Gasteiger partial charge in [-0.05, 0) is 43.5 Å². The van der Waals surface area contributed by atoms with E-state index in [0.29, 0.717) is 13.1 Å². The van der Waals surface area contributed by atoms with Crippen LogP contribution in [0.15, 0.2) is 58.0 Å². The molecule has 0 bridgehead atoms. The van der Waals surface area contributed by atoms with Crippen LogP contribution in [-0.2, 0) is 26.1 Å². The zero-order valence-corrected chi connectivity index (χ0v) is 17.3. The quantitative estimate of drug-likeness (QED) is 0.524. The van der Waals surface area contributed by atoms with Crippen molar-refractivity contribution in [3.05, 3.63) is 92.7 Å². The lowest BCUT2D eigenvalue weighted by molar-refractivity contribution is 0.244. The van der Waals surface area contributed by atoms with Crippen molar-refractivity contribution < 1.29 is 4.52 Å². The molecule has 4 aromatic rings. The third kappa shape index (κ3) is 3.23. The number of nitrogens with zero attached hydrogens (tertiary/aromatic N) is 4. The average Bonchev–Trinajstić information content (AvgIpc) is 3.09. The first-order valence-corrected chi connectivity index (χ1v) is 10.3. The normalized spacial score (nSPS) is 14.2. The fourth-order valence-electron chi connectivity index (χ4n) is 4.43. The summed E-state index contributed by atoms with van der Waals surface area (Å²) in [4.78, 5) is 20.5. The Morgan fingerprint density at radius 2 is 1.87 bits per heavy atom. The van der Waals surface area contributed by atoms with E-state index in [2.05, 4.69) is 45.4 Å². The van der Waals surface area contributed by atoms with E-state index in [-0.39, 0.29) is 5.56 Å². The van der Waals surface area contributed by atoms with Gasteiger partial charge in [0.15, 0.2) is 0 Å². The molecule has 152 valence electrons. The van der Waals surface area contributed by atoms with Crippen LogP contribution in [0.25, 0.3) is 11.0 Å². The predicted octanol–water partition coefficient (Wildman–Crippen LogP) is 3.61. The highest BCUT2D eigenvalue weighted by Crippen LogP contribution is 2.26. The maximum Gasteiger partial charge on any atom is 0.257 e. The monoisotopic (exact) mass is 400 g/mol. The van der Waals surface area contributed by atoms with E-state index < -0.39 is 0 Å². The van der Waals surface area contributed by atoms with Crippen molar-refractivity contribution in [1.29, 1.82) is 0 Å². The van der Waals surface area contributed by atoms with Crippen LogP contribution < -0.4 is 5.56 Å². The van der Waals surface area contributed by atoms with E-state index >= 15 is 0 Å². The minimum absolute atomic E-state index is 0.0361. The van der Waals surface area contributed by atoms with Crippen LogP contribution in [-0.4, -0.2) is 26.2 Å². The highest BCUT2D eigenvalue weighted by atomic mass is 16.5. The summed E-state index contributed by atoms with van der Waals surface area (Å²) in [5.41, 5.74) is 5.81. The van der Waals surface area contributed by atoms with E-state index in [4.69, 9.17) is 4.52 Å². The molecule has 4 heterocycles. The van der Waals surface area contributed by atoms with Crippen LogP contribution >= 0.6 is 0 Å². The van der Waals surface area contributed by atoms with Crippen molar-refractivity contribution in [1.82, 2.24) is 19.6 Å². The Hall–Kier alpha value is -3.25. The molecular formula is C24H24N4O2. The molecule has 1 aromatic carbocycles. The first-order valence-electron chi connectivity index (χ1n) is 10.3. The second-order valence-electron chi connectivity index (χ2n) is 7.97. The molecule has 0 unspecified atom stereocenters. The lowest BCUT2D eigenvalue weighted by atomic mass is 9.97. The highest BCUT2D eigenvalue weighted by Gasteiger charge is 2.25. The Kier molecular flexibility index (Phi) is 4.71. The topological polar surface area (TPSA) is 64.2 Å². The Morgan fingerprint density at radius 1 is 1.03 bits per heavy atom. The maximum atomic E-state index is 13.6. The van der Waals surface area contributed by atoms with E-state index in [9.17, 15) is 4.79 Å². The van der Waals surface area contributed by atoms with Crippen LogP contribution in [0.1, 0.15) is 33.7 Å². The summed E-state index contributed by atoms with van der Waals surface area (Å²) >= 11 is 0. The summed E-state index contributed by atoms with van der Waals surface area (Å²) in [7, 11) is 0. The number of fused-ring (bicyclic) bond motifs is 3. The molecule has 30 heavy (non-hydrogen) atoms. The average molecular weight is 400 g/mol. The van der Waals surface area contributed by atoms with Gasteiger partial charge in [0.25, 0.3) is 5.56 Å². The lowest BCUT2D eigenvalue weighted by Crippen LogP contribution is -2.37. The van der Waals surface area contributed by atoms with Gasteiger partial charge < -0.3 is 4.52 Å². The molecule has 1 aliphatic heterocycles. The summed E-state index contributed by atoms with van der Waals surface area (Å²) in [6.07, 6.45) is 2.61. The molecule has 6 heteroatoms. The number of hydrogen-bond acceptors (Lipinski definition) is 5. The fourth-order valence-corrected chi connectivity index (χ4v) is 4.43. The largest absolute Gasteiger partial charge is 0.361 e. The zero-order chi connectivity index (χ0) is 20.7. The van der Waals surface area contributed by atoms with Crippen molar-refractivity contribution in [3.8, 4) is 0 Å². The molecule has 0 saturated heterocycles. The number of rotatable bonds is 4. The Balaban J connectivity index is 1.59.